The molecule has 0 spiro atoms. The van der Waals surface area contributed by atoms with Gasteiger partial charge in [0.1, 0.15) is 18.4 Å². The second kappa shape index (κ2) is 12.8. The molecule has 0 aromatic heterocycles. The van der Waals surface area contributed by atoms with E-state index < -0.39 is 35.6 Å². The molecule has 3 amide bonds. The van der Waals surface area contributed by atoms with Crippen LogP contribution in [-0.2, 0) is 19.7 Å². The van der Waals surface area contributed by atoms with Gasteiger partial charge < -0.3 is 25.0 Å². The van der Waals surface area contributed by atoms with Gasteiger partial charge in [0.05, 0.1) is 11.4 Å². The van der Waals surface area contributed by atoms with Gasteiger partial charge in [0.25, 0.3) is 0 Å². The fraction of sp³-hybridized carbons (Fsp3) is 0.464. The summed E-state index contributed by atoms with van der Waals surface area (Å²) in [6, 6.07) is 8.08. The van der Waals surface area contributed by atoms with Crippen molar-refractivity contribution in [2.75, 3.05) is 25.5 Å². The first-order valence-corrected chi connectivity index (χ1v) is 13.2. The lowest BCUT2D eigenvalue weighted by molar-refractivity contribution is -0.274. The Morgan fingerprint density at radius 3 is 2.40 bits per heavy atom. The number of amides is 3. The highest BCUT2D eigenvalue weighted by molar-refractivity contribution is 6.35. The summed E-state index contributed by atoms with van der Waals surface area (Å²) in [6.45, 7) is 5.88. The zero-order valence-electron chi connectivity index (χ0n) is 22.8. The van der Waals surface area contributed by atoms with Crippen LogP contribution in [0, 0.1) is 0 Å². The van der Waals surface area contributed by atoms with Crippen molar-refractivity contribution in [3.8, 4) is 16.9 Å². The number of ether oxygens (including phenoxy) is 2. The van der Waals surface area contributed by atoms with Crippen molar-refractivity contribution >= 4 is 35.2 Å². The molecular formula is C28H33ClF3N3O5. The van der Waals surface area contributed by atoms with Crippen molar-refractivity contribution in [1.29, 1.82) is 0 Å². The number of halogens is 4. The third-order valence-electron chi connectivity index (χ3n) is 6.43. The van der Waals surface area contributed by atoms with E-state index >= 15 is 0 Å². The van der Waals surface area contributed by atoms with Crippen LogP contribution in [-0.4, -0.2) is 55.4 Å². The number of hydrogen-bond acceptors (Lipinski definition) is 5. The zero-order valence-corrected chi connectivity index (χ0v) is 23.5. The minimum Gasteiger partial charge on any atom is -0.449 e. The lowest BCUT2D eigenvalue weighted by atomic mass is 9.83. The molecule has 218 valence electrons. The Bertz CT molecular complexity index is 1250. The van der Waals surface area contributed by atoms with Gasteiger partial charge in [-0.1, -0.05) is 56.6 Å². The predicted molar refractivity (Wildman–Crippen MR) is 145 cm³/mol. The number of nitrogens with one attached hydrogen (secondary N) is 2. The molecule has 0 radical (unpaired) electrons. The number of carbonyl (C=O) groups is 3. The van der Waals surface area contributed by atoms with Crippen LogP contribution in [0.2, 0.25) is 5.02 Å². The Kier molecular flexibility index (Phi) is 9.94. The van der Waals surface area contributed by atoms with Crippen LogP contribution in [0.4, 0.5) is 23.7 Å². The van der Waals surface area contributed by atoms with Gasteiger partial charge in [0, 0.05) is 36.0 Å². The first kappa shape index (κ1) is 31.1. The average molecular weight is 584 g/mol. The second-order valence-electron chi connectivity index (χ2n) is 10.4. The molecular weight excluding hydrogens is 551 g/mol. The van der Waals surface area contributed by atoms with Crippen LogP contribution in [0.3, 0.4) is 0 Å². The molecule has 12 heteroatoms. The SMILES string of the molecule is CNC(=O)OCCC(=O)N1CCCCC1C(=O)Nc1ccc(-c2ccccc2OC(F)(F)F)c(Cl)c1C(C)(C)C. The van der Waals surface area contributed by atoms with E-state index in [1.54, 1.807) is 12.1 Å². The van der Waals surface area contributed by atoms with Gasteiger partial charge in [-0.25, -0.2) is 4.79 Å². The number of rotatable bonds is 7. The summed E-state index contributed by atoms with van der Waals surface area (Å²) in [5.74, 6) is -1.12. The molecule has 2 N–H and O–H groups in total. The molecule has 2 aromatic carbocycles. The van der Waals surface area contributed by atoms with Crippen molar-refractivity contribution < 1.29 is 37.0 Å². The summed E-state index contributed by atoms with van der Waals surface area (Å²) in [4.78, 5) is 39.1. The lowest BCUT2D eigenvalue weighted by Gasteiger charge is -2.35. The minimum atomic E-state index is -4.89. The topological polar surface area (TPSA) is 97.0 Å². The van der Waals surface area contributed by atoms with E-state index in [1.807, 2.05) is 20.8 Å². The highest BCUT2D eigenvalue weighted by Crippen LogP contribution is 2.44. The fourth-order valence-corrected chi connectivity index (χ4v) is 5.24. The standard InChI is InChI=1S/C28H33ClF3N3O5/c1-27(2,3)23-19(13-12-18(24(23)29)17-9-5-6-11-21(17)40-28(30,31)32)34-25(37)20-10-7-8-15-35(20)22(36)14-16-39-26(38)33-4/h5-6,9,11-13,20H,7-8,10,14-16H2,1-4H3,(H,33,38)(H,34,37). The van der Waals surface area contributed by atoms with Gasteiger partial charge >= 0.3 is 12.5 Å². The van der Waals surface area contributed by atoms with Crippen molar-refractivity contribution in [1.82, 2.24) is 10.2 Å². The van der Waals surface area contributed by atoms with Crippen LogP contribution in [0.5, 0.6) is 5.75 Å². The van der Waals surface area contributed by atoms with E-state index in [2.05, 4.69) is 15.4 Å². The number of para-hydroxylation sites is 1. The summed E-state index contributed by atoms with van der Waals surface area (Å²) in [5.41, 5.74) is 0.761. The Morgan fingerprint density at radius 1 is 1.05 bits per heavy atom. The molecule has 1 aliphatic heterocycles. The Morgan fingerprint density at radius 2 is 1.75 bits per heavy atom. The van der Waals surface area contributed by atoms with Crippen LogP contribution < -0.4 is 15.4 Å². The number of piperidine rings is 1. The van der Waals surface area contributed by atoms with Crippen LogP contribution >= 0.6 is 11.6 Å². The predicted octanol–water partition coefficient (Wildman–Crippen LogP) is 6.27. The van der Waals surface area contributed by atoms with Crippen molar-refractivity contribution in [2.45, 2.75) is 64.3 Å². The Hall–Kier alpha value is -3.47. The molecule has 0 saturated carbocycles. The van der Waals surface area contributed by atoms with E-state index in [4.69, 9.17) is 16.3 Å². The average Bonchev–Trinajstić information content (AvgIpc) is 2.87. The van der Waals surface area contributed by atoms with Crippen molar-refractivity contribution in [2.24, 2.45) is 0 Å². The number of carbonyl (C=O) groups excluding carboxylic acids is 3. The number of alkyl halides is 3. The monoisotopic (exact) mass is 583 g/mol. The summed E-state index contributed by atoms with van der Waals surface area (Å²) in [5, 5.41) is 5.38. The van der Waals surface area contributed by atoms with Gasteiger partial charge in [0.15, 0.2) is 0 Å². The van der Waals surface area contributed by atoms with Crippen molar-refractivity contribution in [3.63, 3.8) is 0 Å². The number of alkyl carbamates (subject to hydrolysis) is 1. The maximum absolute atomic E-state index is 13.5. The van der Waals surface area contributed by atoms with Gasteiger partial charge in [-0.15, -0.1) is 13.2 Å². The number of nitrogens with zero attached hydrogens (tertiary/aromatic N) is 1. The molecule has 0 bridgehead atoms. The molecule has 1 aliphatic rings. The smallest absolute Gasteiger partial charge is 0.449 e. The Balaban J connectivity index is 1.90. The quantitative estimate of drug-likeness (QED) is 0.400. The van der Waals surface area contributed by atoms with E-state index in [1.165, 1.54) is 36.2 Å². The second-order valence-corrected chi connectivity index (χ2v) is 10.7. The number of anilines is 1. The summed E-state index contributed by atoms with van der Waals surface area (Å²) >= 11 is 6.82. The highest BCUT2D eigenvalue weighted by Gasteiger charge is 2.35. The molecule has 1 fully saturated rings. The van der Waals surface area contributed by atoms with E-state index in [0.717, 1.165) is 12.8 Å². The van der Waals surface area contributed by atoms with Gasteiger partial charge in [0.2, 0.25) is 11.8 Å². The first-order valence-electron chi connectivity index (χ1n) is 12.9. The van der Waals surface area contributed by atoms with E-state index in [0.29, 0.717) is 29.8 Å². The Labute approximate surface area is 236 Å². The normalized spacial score (nSPS) is 15.8. The van der Waals surface area contributed by atoms with Crippen molar-refractivity contribution in [3.05, 3.63) is 47.0 Å². The molecule has 1 atom stereocenters. The highest BCUT2D eigenvalue weighted by atomic mass is 35.5. The molecule has 1 unspecified atom stereocenters. The molecule has 1 saturated heterocycles. The van der Waals surface area contributed by atoms with Crippen LogP contribution in [0.25, 0.3) is 11.1 Å². The largest absolute Gasteiger partial charge is 0.573 e. The van der Waals surface area contributed by atoms with Gasteiger partial charge in [-0.05, 0) is 36.8 Å². The van der Waals surface area contributed by atoms with E-state index in [-0.39, 0.29) is 29.5 Å². The third kappa shape index (κ3) is 7.80. The van der Waals surface area contributed by atoms with E-state index in [9.17, 15) is 27.6 Å². The number of benzene rings is 2. The first-order chi connectivity index (χ1) is 18.7. The van der Waals surface area contributed by atoms with Crippen LogP contribution in [0.15, 0.2) is 36.4 Å². The molecule has 0 aliphatic carbocycles. The molecule has 1 heterocycles. The molecule has 2 aromatic rings. The maximum Gasteiger partial charge on any atom is 0.573 e. The molecule has 8 nitrogen and oxygen atoms in total. The zero-order chi connectivity index (χ0) is 29.7. The minimum absolute atomic E-state index is 0.0651. The summed E-state index contributed by atoms with van der Waals surface area (Å²) in [7, 11) is 1.41. The van der Waals surface area contributed by atoms with Crippen LogP contribution in [0.1, 0.15) is 52.0 Å². The summed E-state index contributed by atoms with van der Waals surface area (Å²) in [6.07, 6.45) is -3.67. The third-order valence-corrected chi connectivity index (χ3v) is 6.82. The fourth-order valence-electron chi connectivity index (χ4n) is 4.69. The maximum atomic E-state index is 13.5. The van der Waals surface area contributed by atoms with Gasteiger partial charge in [-0.2, -0.15) is 0 Å². The number of hydrogen-bond donors (Lipinski definition) is 2. The number of likely N-dealkylation sites (tertiary alicyclic amines) is 1. The molecule has 40 heavy (non-hydrogen) atoms. The lowest BCUT2D eigenvalue weighted by Crippen LogP contribution is -2.50. The summed E-state index contributed by atoms with van der Waals surface area (Å²) < 4.78 is 48.3. The molecule has 3 rings (SSSR count). The van der Waals surface area contributed by atoms with Gasteiger partial charge in [-0.3, -0.25) is 9.59 Å².